The van der Waals surface area contributed by atoms with E-state index in [1.54, 1.807) is 6.92 Å². The molecule has 0 unspecified atom stereocenters. The molecule has 90 valence electrons. The number of hydrogen-bond donors (Lipinski definition) is 0. The highest BCUT2D eigenvalue weighted by molar-refractivity contribution is 5.95. The number of rotatable bonds is 2. The van der Waals surface area contributed by atoms with Crippen molar-refractivity contribution in [2.75, 3.05) is 0 Å². The predicted octanol–water partition coefficient (Wildman–Crippen LogP) is 2.54. The molecule has 1 heterocycles. The van der Waals surface area contributed by atoms with E-state index in [0.29, 0.717) is 17.1 Å². The molecule has 0 aliphatic carbocycles. The van der Waals surface area contributed by atoms with E-state index >= 15 is 0 Å². The Hall–Kier alpha value is -1.77. The van der Waals surface area contributed by atoms with Crippen molar-refractivity contribution in [3.05, 3.63) is 34.6 Å². The van der Waals surface area contributed by atoms with Crippen LogP contribution in [0.25, 0.3) is 11.0 Å². The number of furan rings is 1. The van der Waals surface area contributed by atoms with E-state index in [2.05, 4.69) is 13.8 Å². The normalized spacial score (nSPS) is 11.4. The van der Waals surface area contributed by atoms with Gasteiger partial charge in [-0.1, -0.05) is 19.9 Å². The first-order chi connectivity index (χ1) is 7.91. The molecule has 17 heavy (non-hydrogen) atoms. The van der Waals surface area contributed by atoms with Crippen molar-refractivity contribution in [2.24, 2.45) is 0 Å². The summed E-state index contributed by atoms with van der Waals surface area (Å²) in [6.07, 6.45) is 0. The van der Waals surface area contributed by atoms with Gasteiger partial charge in [-0.3, -0.25) is 0 Å². The van der Waals surface area contributed by atoms with Crippen LogP contribution in [0.5, 0.6) is 0 Å². The molecule has 3 heteroatoms. The fourth-order valence-corrected chi connectivity index (χ4v) is 2.04. The Balaban J connectivity index is 2.79. The molecule has 0 fully saturated rings. The monoisotopic (exact) mass is 231 g/mol. The molecule has 0 bridgehead atoms. The Labute approximate surface area is 100 Å². The highest BCUT2D eigenvalue weighted by Crippen LogP contribution is 2.31. The molecule has 0 aliphatic rings. The quantitative estimate of drug-likeness (QED) is 0.798. The molecule has 1 aromatic heterocycles. The molecule has 2 rings (SSSR count). The minimum atomic E-state index is -1.26. The Morgan fingerprint density at radius 1 is 1.29 bits per heavy atom. The van der Waals surface area contributed by atoms with Crippen LogP contribution < -0.4 is 5.11 Å². The van der Waals surface area contributed by atoms with Gasteiger partial charge in [0.1, 0.15) is 11.6 Å². The van der Waals surface area contributed by atoms with E-state index in [0.717, 1.165) is 10.9 Å². The topological polar surface area (TPSA) is 53.3 Å². The number of carboxylic acids is 1. The Morgan fingerprint density at radius 3 is 2.47 bits per heavy atom. The molecule has 0 saturated carbocycles. The number of carboxylic acid groups (broad SMARTS) is 1. The number of fused-ring (bicyclic) bond motifs is 1. The largest absolute Gasteiger partial charge is 0.542 e. The van der Waals surface area contributed by atoms with Gasteiger partial charge in [0.2, 0.25) is 0 Å². The summed E-state index contributed by atoms with van der Waals surface area (Å²) in [6.45, 7) is 7.89. The van der Waals surface area contributed by atoms with Gasteiger partial charge in [-0.2, -0.15) is 0 Å². The summed E-state index contributed by atoms with van der Waals surface area (Å²) < 4.78 is 5.36. The van der Waals surface area contributed by atoms with Crippen molar-refractivity contribution in [1.29, 1.82) is 0 Å². The van der Waals surface area contributed by atoms with E-state index in [1.807, 2.05) is 19.1 Å². The summed E-state index contributed by atoms with van der Waals surface area (Å²) in [5.74, 6) is -0.924. The van der Waals surface area contributed by atoms with Gasteiger partial charge in [0.15, 0.2) is 5.76 Å². The van der Waals surface area contributed by atoms with Crippen LogP contribution in [0.1, 0.15) is 47.0 Å². The number of aromatic carboxylic acids is 1. The van der Waals surface area contributed by atoms with Crippen molar-refractivity contribution in [3.63, 3.8) is 0 Å². The Bertz CT molecular complexity index is 591. The molecular formula is C14H15O3-. The molecule has 0 N–H and O–H groups in total. The lowest BCUT2D eigenvalue weighted by Crippen LogP contribution is -2.22. The molecular weight excluding hydrogens is 216 g/mol. The average Bonchev–Trinajstić information content (AvgIpc) is 2.57. The maximum Gasteiger partial charge on any atom is 0.153 e. The number of hydrogen-bond acceptors (Lipinski definition) is 3. The zero-order chi connectivity index (χ0) is 12.7. The second-order valence-electron chi connectivity index (χ2n) is 4.71. The summed E-state index contributed by atoms with van der Waals surface area (Å²) in [6, 6.07) is 4.03. The lowest BCUT2D eigenvalue weighted by Gasteiger charge is -2.06. The zero-order valence-electron chi connectivity index (χ0n) is 10.5. The second kappa shape index (κ2) is 3.91. The summed E-state index contributed by atoms with van der Waals surface area (Å²) in [5, 5.41) is 11.8. The van der Waals surface area contributed by atoms with Crippen LogP contribution in [0.15, 0.2) is 16.5 Å². The summed E-state index contributed by atoms with van der Waals surface area (Å²) in [5.41, 5.74) is 3.43. The van der Waals surface area contributed by atoms with Crippen LogP contribution >= 0.6 is 0 Å². The fraction of sp³-hybridized carbons (Fsp3) is 0.357. The van der Waals surface area contributed by atoms with Crippen LogP contribution in [-0.2, 0) is 0 Å². The van der Waals surface area contributed by atoms with Crippen molar-refractivity contribution in [3.8, 4) is 0 Å². The maximum absolute atomic E-state index is 10.9. The third-order valence-corrected chi connectivity index (χ3v) is 3.10. The van der Waals surface area contributed by atoms with Gasteiger partial charge in [0, 0.05) is 10.9 Å². The van der Waals surface area contributed by atoms with Gasteiger partial charge in [-0.25, -0.2) is 0 Å². The van der Waals surface area contributed by atoms with Gasteiger partial charge in [-0.15, -0.1) is 0 Å². The van der Waals surface area contributed by atoms with Crippen molar-refractivity contribution >= 4 is 16.9 Å². The van der Waals surface area contributed by atoms with Crippen molar-refractivity contribution in [1.82, 2.24) is 0 Å². The molecule has 3 nitrogen and oxygen atoms in total. The molecule has 0 atom stereocenters. The highest BCUT2D eigenvalue weighted by atomic mass is 16.4. The predicted molar refractivity (Wildman–Crippen MR) is 64.1 cm³/mol. The second-order valence-corrected chi connectivity index (χ2v) is 4.71. The van der Waals surface area contributed by atoms with Gasteiger partial charge < -0.3 is 14.3 Å². The third-order valence-electron chi connectivity index (χ3n) is 3.10. The summed E-state index contributed by atoms with van der Waals surface area (Å²) in [7, 11) is 0. The van der Waals surface area contributed by atoms with Crippen LogP contribution in [0, 0.1) is 13.8 Å². The van der Waals surface area contributed by atoms with Gasteiger partial charge >= 0.3 is 0 Å². The molecule has 0 spiro atoms. The Morgan fingerprint density at radius 2 is 1.94 bits per heavy atom. The van der Waals surface area contributed by atoms with Crippen molar-refractivity contribution < 1.29 is 14.3 Å². The lowest BCUT2D eigenvalue weighted by molar-refractivity contribution is -0.257. The number of carbonyl (C=O) groups excluding carboxylic acids is 1. The number of benzene rings is 1. The van der Waals surface area contributed by atoms with Crippen LogP contribution in [0.4, 0.5) is 0 Å². The first-order valence-corrected chi connectivity index (χ1v) is 5.66. The van der Waals surface area contributed by atoms with E-state index in [4.69, 9.17) is 4.42 Å². The third kappa shape index (κ3) is 1.82. The smallest absolute Gasteiger partial charge is 0.153 e. The molecule has 0 saturated heterocycles. The van der Waals surface area contributed by atoms with Crippen LogP contribution in [-0.4, -0.2) is 5.97 Å². The van der Waals surface area contributed by atoms with Gasteiger partial charge in [0.25, 0.3) is 0 Å². The molecule has 2 aromatic rings. The highest BCUT2D eigenvalue weighted by Gasteiger charge is 2.14. The lowest BCUT2D eigenvalue weighted by atomic mass is 9.98. The molecule has 0 aliphatic heterocycles. The Kier molecular flexibility index (Phi) is 2.69. The average molecular weight is 231 g/mol. The minimum absolute atomic E-state index is 0.0657. The molecule has 1 aromatic carbocycles. The van der Waals surface area contributed by atoms with Gasteiger partial charge in [-0.05, 0) is 37.0 Å². The van der Waals surface area contributed by atoms with Crippen LogP contribution in [0.3, 0.4) is 0 Å². The number of carbonyl (C=O) groups is 1. The van der Waals surface area contributed by atoms with Crippen LogP contribution in [0.2, 0.25) is 0 Å². The van der Waals surface area contributed by atoms with Gasteiger partial charge in [0.05, 0.1) is 0 Å². The number of aryl methyl sites for hydroxylation is 2. The first-order valence-electron chi connectivity index (χ1n) is 5.66. The summed E-state index contributed by atoms with van der Waals surface area (Å²) in [4.78, 5) is 10.9. The van der Waals surface area contributed by atoms with E-state index < -0.39 is 5.97 Å². The maximum atomic E-state index is 10.9. The SMILES string of the molecule is Cc1c(C(=O)[O-])oc2c(C)cc(C(C)C)cc12. The molecule has 0 amide bonds. The summed E-state index contributed by atoms with van der Waals surface area (Å²) >= 11 is 0. The standard InChI is InChI=1S/C14H16O3/c1-7(2)10-5-8(3)12-11(6-10)9(4)13(17-12)14(15)16/h5-7H,1-4H3,(H,15,16)/p-1. The fourth-order valence-electron chi connectivity index (χ4n) is 2.04. The first kappa shape index (κ1) is 11.7. The van der Waals surface area contributed by atoms with Crippen molar-refractivity contribution in [2.45, 2.75) is 33.6 Å². The van der Waals surface area contributed by atoms with E-state index in [1.165, 1.54) is 5.56 Å². The minimum Gasteiger partial charge on any atom is -0.542 e. The van der Waals surface area contributed by atoms with E-state index in [-0.39, 0.29) is 5.76 Å². The molecule has 0 radical (unpaired) electrons. The van der Waals surface area contributed by atoms with E-state index in [9.17, 15) is 9.90 Å². The zero-order valence-corrected chi connectivity index (χ0v) is 10.5.